The molecule has 2 aromatic rings. The SMILES string of the molecule is CCn1c(=O)c(=O)[nH]c2cc(C(=O)NCCCNC)ccc21. The van der Waals surface area contributed by atoms with Gasteiger partial charge in [0.15, 0.2) is 0 Å². The normalized spacial score (nSPS) is 10.8. The quantitative estimate of drug-likeness (QED) is 0.519. The van der Waals surface area contributed by atoms with Gasteiger partial charge in [0.1, 0.15) is 0 Å². The van der Waals surface area contributed by atoms with Gasteiger partial charge in [-0.1, -0.05) is 0 Å². The van der Waals surface area contributed by atoms with Crippen molar-refractivity contribution < 1.29 is 4.79 Å². The van der Waals surface area contributed by atoms with Crippen molar-refractivity contribution in [2.24, 2.45) is 0 Å². The molecule has 0 fully saturated rings. The van der Waals surface area contributed by atoms with Crippen LogP contribution in [0.15, 0.2) is 27.8 Å². The minimum absolute atomic E-state index is 0.201. The largest absolute Gasteiger partial charge is 0.352 e. The molecule has 3 N–H and O–H groups in total. The molecule has 0 aliphatic heterocycles. The minimum atomic E-state index is -0.680. The van der Waals surface area contributed by atoms with Gasteiger partial charge in [-0.3, -0.25) is 14.4 Å². The summed E-state index contributed by atoms with van der Waals surface area (Å²) in [6, 6.07) is 4.92. The lowest BCUT2D eigenvalue weighted by molar-refractivity contribution is 0.0953. The number of fused-ring (bicyclic) bond motifs is 1. The van der Waals surface area contributed by atoms with Crippen LogP contribution in [0.2, 0.25) is 0 Å². The molecule has 0 aliphatic rings. The number of rotatable bonds is 6. The fraction of sp³-hybridized carbons (Fsp3) is 0.400. The van der Waals surface area contributed by atoms with Crippen LogP contribution in [-0.4, -0.2) is 35.6 Å². The first-order valence-electron chi connectivity index (χ1n) is 7.28. The third-order valence-electron chi connectivity index (χ3n) is 3.44. The number of hydrogen-bond donors (Lipinski definition) is 3. The zero-order chi connectivity index (χ0) is 16.1. The molecule has 7 heteroatoms. The maximum atomic E-state index is 12.1. The lowest BCUT2D eigenvalue weighted by Crippen LogP contribution is -2.36. The third-order valence-corrected chi connectivity index (χ3v) is 3.44. The second-order valence-corrected chi connectivity index (χ2v) is 4.95. The molecule has 0 bridgehead atoms. The van der Waals surface area contributed by atoms with Gasteiger partial charge >= 0.3 is 11.1 Å². The number of carbonyl (C=O) groups is 1. The van der Waals surface area contributed by atoms with E-state index in [-0.39, 0.29) is 5.91 Å². The van der Waals surface area contributed by atoms with E-state index in [4.69, 9.17) is 0 Å². The molecule has 0 saturated carbocycles. The van der Waals surface area contributed by atoms with Gasteiger partial charge in [-0.2, -0.15) is 0 Å². The van der Waals surface area contributed by atoms with E-state index in [0.29, 0.717) is 29.7 Å². The molecule has 22 heavy (non-hydrogen) atoms. The van der Waals surface area contributed by atoms with Crippen molar-refractivity contribution in [3.63, 3.8) is 0 Å². The summed E-state index contributed by atoms with van der Waals surface area (Å²) in [6.07, 6.45) is 0.835. The zero-order valence-electron chi connectivity index (χ0n) is 12.7. The smallest absolute Gasteiger partial charge is 0.316 e. The Morgan fingerprint density at radius 3 is 2.73 bits per heavy atom. The fourth-order valence-electron chi connectivity index (χ4n) is 2.30. The highest BCUT2D eigenvalue weighted by atomic mass is 16.2. The molecule has 7 nitrogen and oxygen atoms in total. The summed E-state index contributed by atoms with van der Waals surface area (Å²) in [6.45, 7) is 3.59. The fourth-order valence-corrected chi connectivity index (χ4v) is 2.30. The molecular weight excluding hydrogens is 284 g/mol. The number of nitrogens with zero attached hydrogens (tertiary/aromatic N) is 1. The van der Waals surface area contributed by atoms with Crippen LogP contribution in [0.25, 0.3) is 11.0 Å². The van der Waals surface area contributed by atoms with Gasteiger partial charge < -0.3 is 20.2 Å². The molecule has 0 spiro atoms. The molecule has 1 aromatic heterocycles. The van der Waals surface area contributed by atoms with Crippen molar-refractivity contribution in [2.45, 2.75) is 19.9 Å². The number of benzene rings is 1. The van der Waals surface area contributed by atoms with Gasteiger partial charge in [0.2, 0.25) is 0 Å². The van der Waals surface area contributed by atoms with E-state index in [2.05, 4.69) is 15.6 Å². The van der Waals surface area contributed by atoms with Crippen LogP contribution in [0.4, 0.5) is 0 Å². The van der Waals surface area contributed by atoms with Crippen molar-refractivity contribution in [1.82, 2.24) is 20.2 Å². The van der Waals surface area contributed by atoms with Crippen LogP contribution in [-0.2, 0) is 6.54 Å². The molecule has 0 unspecified atom stereocenters. The maximum absolute atomic E-state index is 12.1. The summed E-state index contributed by atoms with van der Waals surface area (Å²) in [7, 11) is 1.86. The number of aromatic amines is 1. The predicted molar refractivity (Wildman–Crippen MR) is 85.4 cm³/mol. The van der Waals surface area contributed by atoms with E-state index in [1.165, 1.54) is 4.57 Å². The minimum Gasteiger partial charge on any atom is -0.352 e. The summed E-state index contributed by atoms with van der Waals surface area (Å²) in [4.78, 5) is 38.0. The van der Waals surface area contributed by atoms with Gasteiger partial charge in [0.25, 0.3) is 5.91 Å². The third kappa shape index (κ3) is 3.25. The van der Waals surface area contributed by atoms with Gasteiger partial charge in [0, 0.05) is 18.7 Å². The molecule has 0 saturated heterocycles. The lowest BCUT2D eigenvalue weighted by atomic mass is 10.1. The summed E-state index contributed by atoms with van der Waals surface area (Å²) in [5.74, 6) is -0.201. The molecule has 0 atom stereocenters. The lowest BCUT2D eigenvalue weighted by Gasteiger charge is -2.09. The van der Waals surface area contributed by atoms with E-state index in [0.717, 1.165) is 13.0 Å². The molecule has 1 amide bonds. The first-order valence-corrected chi connectivity index (χ1v) is 7.28. The van der Waals surface area contributed by atoms with Crippen LogP contribution in [0, 0.1) is 0 Å². The van der Waals surface area contributed by atoms with E-state index in [1.807, 2.05) is 7.05 Å². The Hall–Kier alpha value is -2.41. The van der Waals surface area contributed by atoms with Gasteiger partial charge in [-0.25, -0.2) is 0 Å². The predicted octanol–water partition coefficient (Wildman–Crippen LogP) is 0.0490. The Morgan fingerprint density at radius 1 is 1.27 bits per heavy atom. The first-order chi connectivity index (χ1) is 10.6. The Kier molecular flexibility index (Phi) is 5.11. The second-order valence-electron chi connectivity index (χ2n) is 4.95. The molecular formula is C15H20N4O3. The molecule has 0 aliphatic carbocycles. The van der Waals surface area contributed by atoms with Crippen molar-refractivity contribution >= 4 is 16.9 Å². The topological polar surface area (TPSA) is 96.0 Å². The van der Waals surface area contributed by atoms with Crippen LogP contribution in [0.5, 0.6) is 0 Å². The number of nitrogens with one attached hydrogen (secondary N) is 3. The van der Waals surface area contributed by atoms with Crippen LogP contribution < -0.4 is 21.8 Å². The van der Waals surface area contributed by atoms with Gasteiger partial charge in [-0.15, -0.1) is 0 Å². The molecule has 118 valence electrons. The number of amides is 1. The molecule has 1 heterocycles. The van der Waals surface area contributed by atoms with Crippen LogP contribution >= 0.6 is 0 Å². The highest BCUT2D eigenvalue weighted by Gasteiger charge is 2.10. The van der Waals surface area contributed by atoms with Crippen molar-refractivity contribution in [3.8, 4) is 0 Å². The van der Waals surface area contributed by atoms with Crippen molar-refractivity contribution in [3.05, 3.63) is 44.5 Å². The highest BCUT2D eigenvalue weighted by molar-refractivity contribution is 5.97. The Labute approximate surface area is 127 Å². The first kappa shape index (κ1) is 16.0. The monoisotopic (exact) mass is 304 g/mol. The standard InChI is InChI=1S/C15H20N4O3/c1-3-19-12-6-5-10(13(20)17-8-4-7-16-2)9-11(12)18-14(21)15(19)22/h5-6,9,16H,3-4,7-8H2,1-2H3,(H,17,20)(H,18,21). The molecule has 1 aromatic carbocycles. The van der Waals surface area contributed by atoms with Gasteiger partial charge in [0.05, 0.1) is 11.0 Å². The Bertz CT molecular complexity index is 791. The van der Waals surface area contributed by atoms with Crippen LogP contribution in [0.3, 0.4) is 0 Å². The number of aromatic nitrogens is 2. The summed E-state index contributed by atoms with van der Waals surface area (Å²) < 4.78 is 1.39. The Morgan fingerprint density at radius 2 is 2.05 bits per heavy atom. The number of aryl methyl sites for hydroxylation is 1. The molecule has 0 radical (unpaired) electrons. The second kappa shape index (κ2) is 7.04. The summed E-state index contributed by atoms with van der Waals surface area (Å²) in [5.41, 5.74) is 0.280. The average Bonchev–Trinajstić information content (AvgIpc) is 2.52. The average molecular weight is 304 g/mol. The van der Waals surface area contributed by atoms with Crippen molar-refractivity contribution in [2.75, 3.05) is 20.1 Å². The molecule has 2 rings (SSSR count). The van der Waals surface area contributed by atoms with Crippen LogP contribution in [0.1, 0.15) is 23.7 Å². The van der Waals surface area contributed by atoms with E-state index >= 15 is 0 Å². The zero-order valence-corrected chi connectivity index (χ0v) is 12.7. The van der Waals surface area contributed by atoms with Gasteiger partial charge in [-0.05, 0) is 45.1 Å². The maximum Gasteiger partial charge on any atom is 0.316 e. The van der Waals surface area contributed by atoms with E-state index < -0.39 is 11.1 Å². The number of carbonyl (C=O) groups excluding carboxylic acids is 1. The number of H-pyrrole nitrogens is 1. The van der Waals surface area contributed by atoms with E-state index in [1.54, 1.807) is 25.1 Å². The van der Waals surface area contributed by atoms with Crippen molar-refractivity contribution in [1.29, 1.82) is 0 Å². The Balaban J connectivity index is 2.31. The van der Waals surface area contributed by atoms with E-state index in [9.17, 15) is 14.4 Å². The summed E-state index contributed by atoms with van der Waals surface area (Å²) >= 11 is 0. The summed E-state index contributed by atoms with van der Waals surface area (Å²) in [5, 5.41) is 5.82. The number of hydrogen-bond acceptors (Lipinski definition) is 4. The highest BCUT2D eigenvalue weighted by Crippen LogP contribution is 2.11.